The molecule has 1 amide bonds. The van der Waals surface area contributed by atoms with E-state index in [2.05, 4.69) is 5.32 Å². The van der Waals surface area contributed by atoms with Gasteiger partial charge >= 0.3 is 5.97 Å². The van der Waals surface area contributed by atoms with Gasteiger partial charge < -0.3 is 15.5 Å². The average molecular weight is 306 g/mol. The number of rotatable bonds is 4. The number of carboxylic acid groups (broad SMARTS) is 1. The molecule has 2 aromatic carbocycles. The van der Waals surface area contributed by atoms with Gasteiger partial charge in [-0.15, -0.1) is 0 Å². The van der Waals surface area contributed by atoms with E-state index < -0.39 is 17.9 Å². The van der Waals surface area contributed by atoms with Gasteiger partial charge in [-0.2, -0.15) is 0 Å². The van der Waals surface area contributed by atoms with E-state index in [4.69, 9.17) is 11.6 Å². The zero-order valence-electron chi connectivity index (χ0n) is 10.8. The highest BCUT2D eigenvalue weighted by molar-refractivity contribution is 6.31. The number of phenols is 1. The Hall–Kier alpha value is -2.53. The molecule has 6 heteroatoms. The molecule has 0 heterocycles. The number of hydrogen-bond acceptors (Lipinski definition) is 3. The molecule has 0 radical (unpaired) electrons. The lowest BCUT2D eigenvalue weighted by Crippen LogP contribution is -2.33. The Morgan fingerprint density at radius 1 is 1.05 bits per heavy atom. The van der Waals surface area contributed by atoms with Crippen LogP contribution in [0.2, 0.25) is 5.02 Å². The van der Waals surface area contributed by atoms with Crippen LogP contribution in [0, 0.1) is 0 Å². The van der Waals surface area contributed by atoms with Gasteiger partial charge in [0.2, 0.25) is 0 Å². The van der Waals surface area contributed by atoms with Crippen molar-refractivity contribution in [2.24, 2.45) is 0 Å². The zero-order chi connectivity index (χ0) is 15.4. The number of aromatic hydroxyl groups is 1. The van der Waals surface area contributed by atoms with Crippen LogP contribution in [0.1, 0.15) is 22.0 Å². The number of hydrogen-bond donors (Lipinski definition) is 3. The number of benzene rings is 2. The van der Waals surface area contributed by atoms with Gasteiger partial charge in [0.05, 0.1) is 0 Å². The molecule has 0 saturated carbocycles. The maximum atomic E-state index is 12.1. The van der Waals surface area contributed by atoms with Crippen LogP contribution < -0.4 is 5.32 Å². The molecule has 21 heavy (non-hydrogen) atoms. The summed E-state index contributed by atoms with van der Waals surface area (Å²) in [5, 5.41) is 21.1. The molecule has 0 aliphatic heterocycles. The quantitative estimate of drug-likeness (QED) is 0.810. The summed E-state index contributed by atoms with van der Waals surface area (Å²) in [4.78, 5) is 23.4. The van der Waals surface area contributed by atoms with E-state index in [0.29, 0.717) is 5.56 Å². The fourth-order valence-electron chi connectivity index (χ4n) is 1.81. The minimum absolute atomic E-state index is 0.0208. The Kier molecular flexibility index (Phi) is 4.45. The third-order valence-corrected chi connectivity index (χ3v) is 3.21. The number of phenolic OH excluding ortho intramolecular Hbond substituents is 1. The van der Waals surface area contributed by atoms with Crippen LogP contribution in [0.25, 0.3) is 0 Å². The standard InChI is InChI=1S/C15H12ClNO4/c16-12-4-2-1-3-11(12)13(15(20)21)17-14(19)9-5-7-10(18)8-6-9/h1-8,13,18H,(H,17,19)(H,20,21)/t13-/m1/s1. The van der Waals surface area contributed by atoms with Crippen molar-refractivity contribution in [2.45, 2.75) is 6.04 Å². The van der Waals surface area contributed by atoms with Gasteiger partial charge in [0, 0.05) is 16.1 Å². The monoisotopic (exact) mass is 305 g/mol. The van der Waals surface area contributed by atoms with Crippen LogP contribution in [0.4, 0.5) is 0 Å². The molecule has 108 valence electrons. The summed E-state index contributed by atoms with van der Waals surface area (Å²) in [6.07, 6.45) is 0. The number of amides is 1. The fraction of sp³-hybridized carbons (Fsp3) is 0.0667. The average Bonchev–Trinajstić information content (AvgIpc) is 2.46. The number of nitrogens with one attached hydrogen (secondary N) is 1. The number of carbonyl (C=O) groups excluding carboxylic acids is 1. The Balaban J connectivity index is 2.25. The molecule has 0 aliphatic carbocycles. The van der Waals surface area contributed by atoms with E-state index in [-0.39, 0.29) is 16.3 Å². The second-order valence-electron chi connectivity index (χ2n) is 4.31. The number of carboxylic acids is 1. The van der Waals surface area contributed by atoms with Crippen molar-refractivity contribution < 1.29 is 19.8 Å². The molecule has 0 spiro atoms. The van der Waals surface area contributed by atoms with Gasteiger partial charge in [0.15, 0.2) is 6.04 Å². The largest absolute Gasteiger partial charge is 0.508 e. The summed E-state index contributed by atoms with van der Waals surface area (Å²) >= 11 is 5.97. The third kappa shape index (κ3) is 3.52. The van der Waals surface area contributed by atoms with Gasteiger partial charge in [-0.3, -0.25) is 4.79 Å². The van der Waals surface area contributed by atoms with E-state index in [1.165, 1.54) is 30.3 Å². The van der Waals surface area contributed by atoms with Crippen LogP contribution in [0.5, 0.6) is 5.75 Å². The van der Waals surface area contributed by atoms with E-state index in [1.807, 2.05) is 0 Å². The second kappa shape index (κ2) is 6.28. The Labute approximate surface area is 125 Å². The van der Waals surface area contributed by atoms with Crippen molar-refractivity contribution in [2.75, 3.05) is 0 Å². The minimum atomic E-state index is -1.25. The van der Waals surface area contributed by atoms with Crippen molar-refractivity contribution in [3.05, 3.63) is 64.7 Å². The first-order valence-corrected chi connectivity index (χ1v) is 6.44. The lowest BCUT2D eigenvalue weighted by Gasteiger charge is -2.16. The molecule has 2 aromatic rings. The highest BCUT2D eigenvalue weighted by atomic mass is 35.5. The van der Waals surface area contributed by atoms with Crippen LogP contribution in [0.15, 0.2) is 48.5 Å². The molecule has 5 nitrogen and oxygen atoms in total. The normalized spacial score (nSPS) is 11.7. The van der Waals surface area contributed by atoms with Gasteiger partial charge in [0.1, 0.15) is 5.75 Å². The molecular weight excluding hydrogens is 294 g/mol. The van der Waals surface area contributed by atoms with Crippen molar-refractivity contribution >= 4 is 23.5 Å². The molecule has 3 N–H and O–H groups in total. The van der Waals surface area contributed by atoms with E-state index in [9.17, 15) is 19.8 Å². The van der Waals surface area contributed by atoms with Gasteiger partial charge in [-0.1, -0.05) is 29.8 Å². The van der Waals surface area contributed by atoms with Crippen LogP contribution >= 0.6 is 11.6 Å². The first-order valence-electron chi connectivity index (χ1n) is 6.06. The molecule has 0 aromatic heterocycles. The van der Waals surface area contributed by atoms with E-state index in [0.717, 1.165) is 0 Å². The SMILES string of the molecule is O=C(N[C@@H](C(=O)O)c1ccccc1Cl)c1ccc(O)cc1. The molecular formula is C15H12ClNO4. The lowest BCUT2D eigenvalue weighted by atomic mass is 10.1. The number of halogens is 1. The molecule has 1 atom stereocenters. The van der Waals surface area contributed by atoms with E-state index in [1.54, 1.807) is 18.2 Å². The van der Waals surface area contributed by atoms with Gasteiger partial charge in [-0.05, 0) is 30.3 Å². The smallest absolute Gasteiger partial charge is 0.330 e. The van der Waals surface area contributed by atoms with Gasteiger partial charge in [0.25, 0.3) is 5.91 Å². The first-order chi connectivity index (χ1) is 9.99. The highest BCUT2D eigenvalue weighted by Gasteiger charge is 2.24. The Morgan fingerprint density at radius 3 is 2.24 bits per heavy atom. The summed E-state index contributed by atoms with van der Waals surface area (Å²) in [5.41, 5.74) is 0.546. The molecule has 0 saturated heterocycles. The van der Waals surface area contributed by atoms with E-state index >= 15 is 0 Å². The van der Waals surface area contributed by atoms with Crippen LogP contribution in [-0.2, 0) is 4.79 Å². The summed E-state index contributed by atoms with van der Waals surface area (Å²) in [6, 6.07) is 10.7. The van der Waals surface area contributed by atoms with Gasteiger partial charge in [-0.25, -0.2) is 4.79 Å². The molecule has 0 bridgehead atoms. The first kappa shape index (κ1) is 14.9. The predicted molar refractivity (Wildman–Crippen MR) is 77.4 cm³/mol. The van der Waals surface area contributed by atoms with Crippen LogP contribution in [0.3, 0.4) is 0 Å². The molecule has 0 aliphatic rings. The topological polar surface area (TPSA) is 86.6 Å². The summed E-state index contributed by atoms with van der Waals surface area (Å²) in [5.74, 6) is -1.76. The zero-order valence-corrected chi connectivity index (χ0v) is 11.5. The summed E-state index contributed by atoms with van der Waals surface area (Å²) in [6.45, 7) is 0. The summed E-state index contributed by atoms with van der Waals surface area (Å²) in [7, 11) is 0. The molecule has 2 rings (SSSR count). The fourth-order valence-corrected chi connectivity index (χ4v) is 2.05. The highest BCUT2D eigenvalue weighted by Crippen LogP contribution is 2.23. The minimum Gasteiger partial charge on any atom is -0.508 e. The maximum Gasteiger partial charge on any atom is 0.330 e. The summed E-state index contributed by atoms with van der Waals surface area (Å²) < 4.78 is 0. The molecule has 0 unspecified atom stereocenters. The van der Waals surface area contributed by atoms with Crippen molar-refractivity contribution in [1.82, 2.24) is 5.32 Å². The lowest BCUT2D eigenvalue weighted by molar-refractivity contribution is -0.139. The Bertz CT molecular complexity index is 670. The third-order valence-electron chi connectivity index (χ3n) is 2.87. The van der Waals surface area contributed by atoms with Crippen molar-refractivity contribution in [1.29, 1.82) is 0 Å². The van der Waals surface area contributed by atoms with Crippen molar-refractivity contribution in [3.63, 3.8) is 0 Å². The van der Waals surface area contributed by atoms with Crippen molar-refractivity contribution in [3.8, 4) is 5.75 Å². The maximum absolute atomic E-state index is 12.1. The second-order valence-corrected chi connectivity index (χ2v) is 4.72. The number of aliphatic carboxylic acids is 1. The Morgan fingerprint density at radius 2 is 1.67 bits per heavy atom. The molecule has 0 fully saturated rings. The predicted octanol–water partition coefficient (Wildman–Crippen LogP) is 2.60. The number of carbonyl (C=O) groups is 2. The van der Waals surface area contributed by atoms with Crippen LogP contribution in [-0.4, -0.2) is 22.1 Å².